The van der Waals surface area contributed by atoms with E-state index in [0.29, 0.717) is 0 Å². The van der Waals surface area contributed by atoms with Gasteiger partial charge in [-0.1, -0.05) is 12.1 Å². The Balaban J connectivity index is 1.73. The normalized spacial score (nSPS) is 11.6. The Bertz CT molecular complexity index is 1190. The molecular formula is C18H15N7. The van der Waals surface area contributed by atoms with Crippen molar-refractivity contribution in [1.82, 2.24) is 34.5 Å². The Morgan fingerprint density at radius 1 is 0.960 bits per heavy atom. The second-order valence-electron chi connectivity index (χ2n) is 5.79. The number of H-pyrrole nitrogens is 1. The predicted molar refractivity (Wildman–Crippen MR) is 95.4 cm³/mol. The summed E-state index contributed by atoms with van der Waals surface area (Å²) in [5, 5.41) is 10.9. The van der Waals surface area contributed by atoms with E-state index in [0.717, 1.165) is 45.9 Å². The minimum Gasteiger partial charge on any atom is -0.322 e. The van der Waals surface area contributed by atoms with Gasteiger partial charge in [0.05, 0.1) is 11.0 Å². The molecule has 0 aliphatic heterocycles. The van der Waals surface area contributed by atoms with E-state index in [1.807, 2.05) is 47.2 Å². The van der Waals surface area contributed by atoms with E-state index in [4.69, 9.17) is 4.98 Å². The van der Waals surface area contributed by atoms with E-state index in [1.54, 1.807) is 6.20 Å². The van der Waals surface area contributed by atoms with Crippen LogP contribution < -0.4 is 0 Å². The highest BCUT2D eigenvalue weighted by atomic mass is 15.3. The number of aromatic nitrogens is 7. The minimum absolute atomic E-state index is 0.806. The lowest BCUT2D eigenvalue weighted by Crippen LogP contribution is -2.03. The van der Waals surface area contributed by atoms with Gasteiger partial charge >= 0.3 is 0 Å². The van der Waals surface area contributed by atoms with E-state index in [2.05, 4.69) is 38.0 Å². The average molecular weight is 329 g/mol. The Labute approximate surface area is 143 Å². The van der Waals surface area contributed by atoms with Crippen molar-refractivity contribution >= 4 is 22.1 Å². The largest absolute Gasteiger partial charge is 0.322 e. The monoisotopic (exact) mass is 329 g/mol. The number of nitrogens with zero attached hydrogens (tertiary/aromatic N) is 6. The van der Waals surface area contributed by atoms with Gasteiger partial charge in [0.1, 0.15) is 11.0 Å². The number of fused-ring (bicyclic) bond motifs is 2. The van der Waals surface area contributed by atoms with Gasteiger partial charge in [0.25, 0.3) is 0 Å². The van der Waals surface area contributed by atoms with E-state index < -0.39 is 0 Å². The number of nitrogens with one attached hydrogen (secondary N) is 1. The molecule has 122 valence electrons. The molecule has 0 unspecified atom stereocenters. The average Bonchev–Trinajstić information content (AvgIpc) is 3.37. The van der Waals surface area contributed by atoms with Gasteiger partial charge in [-0.15, -0.1) is 0 Å². The lowest BCUT2D eigenvalue weighted by Gasteiger charge is -2.09. The number of hydrogen-bond acceptors (Lipinski definition) is 4. The topological polar surface area (TPSA) is 77.2 Å². The Morgan fingerprint density at radius 3 is 2.76 bits per heavy atom. The SMILES string of the molecule is CCn1c(-c2nccn2-c2ccc3n[nH]nc3c2)nc2ccccc21. The third-order valence-corrected chi connectivity index (χ3v) is 4.39. The first kappa shape index (κ1) is 13.9. The molecule has 0 fully saturated rings. The van der Waals surface area contributed by atoms with Crippen LogP contribution in [0.2, 0.25) is 0 Å². The molecule has 0 aliphatic carbocycles. The number of aryl methyl sites for hydroxylation is 1. The van der Waals surface area contributed by atoms with Gasteiger partial charge in [0, 0.05) is 24.6 Å². The molecule has 0 aliphatic rings. The van der Waals surface area contributed by atoms with E-state index in [1.165, 1.54) is 0 Å². The number of imidazole rings is 2. The Morgan fingerprint density at radius 2 is 1.84 bits per heavy atom. The molecule has 0 bridgehead atoms. The minimum atomic E-state index is 0.806. The highest BCUT2D eigenvalue weighted by Crippen LogP contribution is 2.26. The first-order chi connectivity index (χ1) is 12.3. The van der Waals surface area contributed by atoms with E-state index >= 15 is 0 Å². The van der Waals surface area contributed by atoms with Crippen LogP contribution in [0, 0.1) is 0 Å². The zero-order chi connectivity index (χ0) is 16.8. The van der Waals surface area contributed by atoms with Gasteiger partial charge in [0.15, 0.2) is 11.6 Å². The Kier molecular flexibility index (Phi) is 2.93. The second-order valence-corrected chi connectivity index (χ2v) is 5.79. The van der Waals surface area contributed by atoms with Crippen molar-refractivity contribution in [2.24, 2.45) is 0 Å². The van der Waals surface area contributed by atoms with Crippen LogP contribution in [0.4, 0.5) is 0 Å². The molecule has 0 saturated heterocycles. The van der Waals surface area contributed by atoms with Crippen LogP contribution in [-0.2, 0) is 6.54 Å². The maximum atomic E-state index is 4.81. The first-order valence-electron chi connectivity index (χ1n) is 8.15. The van der Waals surface area contributed by atoms with Crippen LogP contribution >= 0.6 is 0 Å². The Hall–Kier alpha value is -3.48. The molecule has 7 heteroatoms. The second kappa shape index (κ2) is 5.27. The quantitative estimate of drug-likeness (QED) is 0.551. The van der Waals surface area contributed by atoms with Crippen molar-refractivity contribution in [1.29, 1.82) is 0 Å². The first-order valence-corrected chi connectivity index (χ1v) is 8.15. The molecule has 0 atom stereocenters. The fourth-order valence-electron chi connectivity index (χ4n) is 3.22. The molecule has 5 rings (SSSR count). The number of rotatable bonds is 3. The smallest absolute Gasteiger partial charge is 0.181 e. The van der Waals surface area contributed by atoms with Crippen molar-refractivity contribution in [3.8, 4) is 17.3 Å². The van der Waals surface area contributed by atoms with Gasteiger partial charge in [0.2, 0.25) is 0 Å². The van der Waals surface area contributed by atoms with Gasteiger partial charge in [-0.05, 0) is 37.3 Å². The third-order valence-electron chi connectivity index (χ3n) is 4.39. The molecule has 3 aromatic heterocycles. The summed E-state index contributed by atoms with van der Waals surface area (Å²) in [4.78, 5) is 9.38. The van der Waals surface area contributed by atoms with Crippen LogP contribution in [0.15, 0.2) is 54.9 Å². The summed E-state index contributed by atoms with van der Waals surface area (Å²) in [5.74, 6) is 1.66. The number of aromatic amines is 1. The lowest BCUT2D eigenvalue weighted by molar-refractivity contribution is 0.786. The number of hydrogen-bond donors (Lipinski definition) is 1. The molecule has 5 aromatic rings. The number of benzene rings is 2. The van der Waals surface area contributed by atoms with Gasteiger partial charge in [-0.3, -0.25) is 4.57 Å². The molecule has 7 nitrogen and oxygen atoms in total. The van der Waals surface area contributed by atoms with E-state index in [-0.39, 0.29) is 0 Å². The molecule has 0 radical (unpaired) electrons. The summed E-state index contributed by atoms with van der Waals surface area (Å²) in [6, 6.07) is 14.1. The highest BCUT2D eigenvalue weighted by Gasteiger charge is 2.17. The van der Waals surface area contributed by atoms with Crippen LogP contribution in [-0.4, -0.2) is 34.5 Å². The third kappa shape index (κ3) is 2.06. The van der Waals surface area contributed by atoms with Crippen molar-refractivity contribution in [2.45, 2.75) is 13.5 Å². The summed E-state index contributed by atoms with van der Waals surface area (Å²) in [6.07, 6.45) is 3.73. The zero-order valence-corrected chi connectivity index (χ0v) is 13.6. The zero-order valence-electron chi connectivity index (χ0n) is 13.6. The molecule has 1 N–H and O–H groups in total. The van der Waals surface area contributed by atoms with Crippen molar-refractivity contribution in [3.63, 3.8) is 0 Å². The van der Waals surface area contributed by atoms with Gasteiger partial charge in [-0.2, -0.15) is 15.4 Å². The highest BCUT2D eigenvalue weighted by molar-refractivity contribution is 5.80. The number of para-hydroxylation sites is 2. The van der Waals surface area contributed by atoms with Crippen LogP contribution in [0.1, 0.15) is 6.92 Å². The van der Waals surface area contributed by atoms with Crippen molar-refractivity contribution in [2.75, 3.05) is 0 Å². The maximum absolute atomic E-state index is 4.81. The van der Waals surface area contributed by atoms with Crippen molar-refractivity contribution < 1.29 is 0 Å². The molecule has 0 spiro atoms. The van der Waals surface area contributed by atoms with Gasteiger partial charge < -0.3 is 4.57 Å². The summed E-state index contributed by atoms with van der Waals surface area (Å²) in [6.45, 7) is 2.94. The fourth-order valence-corrected chi connectivity index (χ4v) is 3.22. The van der Waals surface area contributed by atoms with E-state index in [9.17, 15) is 0 Å². The summed E-state index contributed by atoms with van der Waals surface area (Å²) in [7, 11) is 0. The lowest BCUT2D eigenvalue weighted by atomic mass is 10.2. The predicted octanol–water partition coefficient (Wildman–Crippen LogP) is 3.18. The van der Waals surface area contributed by atoms with Crippen LogP contribution in [0.5, 0.6) is 0 Å². The fraction of sp³-hybridized carbons (Fsp3) is 0.111. The van der Waals surface area contributed by atoms with Gasteiger partial charge in [-0.25, -0.2) is 9.97 Å². The van der Waals surface area contributed by atoms with Crippen molar-refractivity contribution in [3.05, 3.63) is 54.9 Å². The molecular weight excluding hydrogens is 314 g/mol. The molecule has 0 amide bonds. The summed E-state index contributed by atoms with van der Waals surface area (Å²) >= 11 is 0. The standard InChI is InChI=1S/C18H15N7/c1-2-24-16-6-4-3-5-14(16)20-18(24)17-19-9-10-25(17)12-7-8-13-15(11-12)22-23-21-13/h3-11H,2H2,1H3,(H,21,22,23). The molecule has 3 heterocycles. The molecule has 0 saturated carbocycles. The van der Waals surface area contributed by atoms with Crippen LogP contribution in [0.3, 0.4) is 0 Å². The summed E-state index contributed by atoms with van der Waals surface area (Å²) < 4.78 is 4.21. The molecule has 25 heavy (non-hydrogen) atoms. The maximum Gasteiger partial charge on any atom is 0.181 e. The summed E-state index contributed by atoms with van der Waals surface area (Å²) in [5.41, 5.74) is 4.72. The molecule has 2 aromatic carbocycles. The van der Waals surface area contributed by atoms with Crippen LogP contribution in [0.25, 0.3) is 39.4 Å².